The van der Waals surface area contributed by atoms with Gasteiger partial charge in [-0.15, -0.1) is 0 Å². The van der Waals surface area contributed by atoms with Gasteiger partial charge in [0.25, 0.3) is 0 Å². The zero-order chi connectivity index (χ0) is 15.9. The quantitative estimate of drug-likeness (QED) is 0.855. The van der Waals surface area contributed by atoms with Crippen molar-refractivity contribution in [1.29, 1.82) is 0 Å². The second kappa shape index (κ2) is 8.06. The van der Waals surface area contributed by atoms with Crippen molar-refractivity contribution in [2.45, 2.75) is 19.4 Å². The molecule has 0 aromatic heterocycles. The fraction of sp³-hybridized carbons (Fsp3) is 0.235. The maximum atomic E-state index is 11.9. The van der Waals surface area contributed by atoms with Crippen molar-refractivity contribution >= 4 is 29.1 Å². The van der Waals surface area contributed by atoms with E-state index < -0.39 is 0 Å². The second-order valence-corrected chi connectivity index (χ2v) is 5.67. The maximum absolute atomic E-state index is 11.9. The van der Waals surface area contributed by atoms with E-state index in [4.69, 9.17) is 27.9 Å². The number of amides is 1. The van der Waals surface area contributed by atoms with Crippen LogP contribution in [-0.4, -0.2) is 13.0 Å². The zero-order valence-electron chi connectivity index (χ0n) is 12.2. The predicted molar refractivity (Wildman–Crippen MR) is 89.6 cm³/mol. The van der Waals surface area contributed by atoms with E-state index >= 15 is 0 Å². The minimum atomic E-state index is -0.0306. The van der Waals surface area contributed by atoms with E-state index in [9.17, 15) is 4.79 Å². The summed E-state index contributed by atoms with van der Waals surface area (Å²) in [7, 11) is 1.61. The van der Waals surface area contributed by atoms with Gasteiger partial charge in [-0.3, -0.25) is 4.79 Å². The van der Waals surface area contributed by atoms with Gasteiger partial charge >= 0.3 is 0 Å². The van der Waals surface area contributed by atoms with Crippen LogP contribution in [0.15, 0.2) is 42.5 Å². The topological polar surface area (TPSA) is 38.3 Å². The van der Waals surface area contributed by atoms with E-state index in [1.165, 1.54) is 0 Å². The summed E-state index contributed by atoms with van der Waals surface area (Å²) in [5, 5.41) is 4.07. The van der Waals surface area contributed by atoms with Gasteiger partial charge in [-0.05, 0) is 30.2 Å². The Hall–Kier alpha value is -1.71. The second-order valence-electron chi connectivity index (χ2n) is 4.82. The van der Waals surface area contributed by atoms with Gasteiger partial charge in [0.2, 0.25) is 5.91 Å². The molecule has 0 fully saturated rings. The molecule has 5 heteroatoms. The third-order valence-corrected chi connectivity index (χ3v) is 3.89. The van der Waals surface area contributed by atoms with E-state index in [0.29, 0.717) is 29.4 Å². The van der Waals surface area contributed by atoms with E-state index in [1.807, 2.05) is 30.3 Å². The molecule has 0 bridgehead atoms. The largest absolute Gasteiger partial charge is 0.496 e. The number of nitrogens with one attached hydrogen (secondary N) is 1. The predicted octanol–water partition coefficient (Wildman–Crippen LogP) is 4.25. The van der Waals surface area contributed by atoms with Crippen molar-refractivity contribution in [3.05, 3.63) is 63.6 Å². The number of methoxy groups -OCH3 is 1. The van der Waals surface area contributed by atoms with Crippen molar-refractivity contribution in [1.82, 2.24) is 5.32 Å². The Morgan fingerprint density at radius 1 is 1.14 bits per heavy atom. The van der Waals surface area contributed by atoms with Gasteiger partial charge in [-0.2, -0.15) is 0 Å². The van der Waals surface area contributed by atoms with Gasteiger partial charge in [0, 0.05) is 28.6 Å². The average Bonchev–Trinajstić information content (AvgIpc) is 2.52. The first-order chi connectivity index (χ1) is 10.6. The highest BCUT2D eigenvalue weighted by molar-refractivity contribution is 6.35. The molecule has 1 amide bonds. The minimum Gasteiger partial charge on any atom is -0.496 e. The summed E-state index contributed by atoms with van der Waals surface area (Å²) in [6, 6.07) is 12.9. The van der Waals surface area contributed by atoms with E-state index in [1.54, 1.807) is 19.2 Å². The van der Waals surface area contributed by atoms with Gasteiger partial charge < -0.3 is 10.1 Å². The van der Waals surface area contributed by atoms with Gasteiger partial charge in [0.05, 0.1) is 7.11 Å². The summed E-state index contributed by atoms with van der Waals surface area (Å²) in [6.45, 7) is 0.442. The number of hydrogen-bond donors (Lipinski definition) is 1. The minimum absolute atomic E-state index is 0.0306. The fourth-order valence-electron chi connectivity index (χ4n) is 2.10. The molecular weight excluding hydrogens is 321 g/mol. The normalized spacial score (nSPS) is 10.3. The van der Waals surface area contributed by atoms with Crippen LogP contribution in [-0.2, 0) is 17.8 Å². The van der Waals surface area contributed by atoms with Crippen LogP contribution in [0.4, 0.5) is 0 Å². The summed E-state index contributed by atoms with van der Waals surface area (Å²) >= 11 is 11.9. The Balaban J connectivity index is 1.85. The fourth-order valence-corrected chi connectivity index (χ4v) is 2.61. The maximum Gasteiger partial charge on any atom is 0.220 e. The molecule has 116 valence electrons. The van der Waals surface area contributed by atoms with E-state index in [-0.39, 0.29) is 5.91 Å². The number of rotatable bonds is 6. The van der Waals surface area contributed by atoms with Crippen LogP contribution >= 0.6 is 23.2 Å². The molecule has 3 nitrogen and oxygen atoms in total. The molecule has 2 aromatic carbocycles. The standard InChI is InChI=1S/C17H17Cl2NO2/c1-22-16-5-3-2-4-13(16)11-20-17(21)9-7-12-6-8-14(18)10-15(12)19/h2-6,8,10H,7,9,11H2,1H3,(H,20,21). The Morgan fingerprint density at radius 3 is 2.64 bits per heavy atom. The van der Waals surface area contributed by atoms with Crippen molar-refractivity contribution in [3.8, 4) is 5.75 Å². The van der Waals surface area contributed by atoms with Crippen molar-refractivity contribution in [2.24, 2.45) is 0 Å². The third kappa shape index (κ3) is 4.65. The molecule has 0 spiro atoms. The van der Waals surface area contributed by atoms with Crippen molar-refractivity contribution < 1.29 is 9.53 Å². The highest BCUT2D eigenvalue weighted by Crippen LogP contribution is 2.22. The first-order valence-electron chi connectivity index (χ1n) is 6.92. The Morgan fingerprint density at radius 2 is 1.91 bits per heavy atom. The summed E-state index contributed by atoms with van der Waals surface area (Å²) in [5.74, 6) is 0.737. The Bertz CT molecular complexity index is 659. The van der Waals surface area contributed by atoms with Crippen LogP contribution in [0.3, 0.4) is 0 Å². The molecule has 22 heavy (non-hydrogen) atoms. The molecule has 0 atom stereocenters. The lowest BCUT2D eigenvalue weighted by atomic mass is 10.1. The number of carbonyl (C=O) groups excluding carboxylic acids is 1. The molecule has 0 saturated carbocycles. The first-order valence-corrected chi connectivity index (χ1v) is 7.68. The van der Waals surface area contributed by atoms with Crippen LogP contribution in [0.5, 0.6) is 5.75 Å². The lowest BCUT2D eigenvalue weighted by molar-refractivity contribution is -0.121. The SMILES string of the molecule is COc1ccccc1CNC(=O)CCc1ccc(Cl)cc1Cl. The van der Waals surface area contributed by atoms with Crippen LogP contribution in [0.25, 0.3) is 0 Å². The van der Waals surface area contributed by atoms with Gasteiger partial charge in [-0.1, -0.05) is 47.5 Å². The summed E-state index contributed by atoms with van der Waals surface area (Å²) in [6.07, 6.45) is 0.949. The lowest BCUT2D eigenvalue weighted by Crippen LogP contribution is -2.23. The monoisotopic (exact) mass is 337 g/mol. The highest BCUT2D eigenvalue weighted by Gasteiger charge is 2.07. The summed E-state index contributed by atoms with van der Waals surface area (Å²) < 4.78 is 5.25. The number of benzene rings is 2. The number of carbonyl (C=O) groups is 1. The molecule has 2 aromatic rings. The number of aryl methyl sites for hydroxylation is 1. The van der Waals surface area contributed by atoms with Gasteiger partial charge in [-0.25, -0.2) is 0 Å². The number of ether oxygens (including phenoxy) is 1. The molecule has 2 rings (SSSR count). The van der Waals surface area contributed by atoms with Crippen LogP contribution in [0.2, 0.25) is 10.0 Å². The van der Waals surface area contributed by atoms with E-state index in [2.05, 4.69) is 5.32 Å². The molecule has 0 aliphatic carbocycles. The molecule has 0 unspecified atom stereocenters. The number of para-hydroxylation sites is 1. The summed E-state index contributed by atoms with van der Waals surface area (Å²) in [4.78, 5) is 11.9. The third-order valence-electron chi connectivity index (χ3n) is 3.31. The Labute approximate surface area is 140 Å². The number of halogens is 2. The number of hydrogen-bond acceptors (Lipinski definition) is 2. The molecular formula is C17H17Cl2NO2. The van der Waals surface area contributed by atoms with Crippen molar-refractivity contribution in [3.63, 3.8) is 0 Å². The average molecular weight is 338 g/mol. The lowest BCUT2D eigenvalue weighted by Gasteiger charge is -2.10. The van der Waals surface area contributed by atoms with Crippen LogP contribution in [0, 0.1) is 0 Å². The van der Waals surface area contributed by atoms with Crippen molar-refractivity contribution in [2.75, 3.05) is 7.11 Å². The molecule has 0 aliphatic heterocycles. The van der Waals surface area contributed by atoms with Gasteiger partial charge in [0.1, 0.15) is 5.75 Å². The van der Waals surface area contributed by atoms with Gasteiger partial charge in [0.15, 0.2) is 0 Å². The Kier molecular flexibility index (Phi) is 6.10. The van der Waals surface area contributed by atoms with Crippen LogP contribution in [0.1, 0.15) is 17.5 Å². The molecule has 0 heterocycles. The highest BCUT2D eigenvalue weighted by atomic mass is 35.5. The molecule has 1 N–H and O–H groups in total. The molecule has 0 saturated heterocycles. The molecule has 0 aliphatic rings. The first kappa shape index (κ1) is 16.7. The smallest absolute Gasteiger partial charge is 0.220 e. The van der Waals surface area contributed by atoms with E-state index in [0.717, 1.165) is 16.9 Å². The summed E-state index contributed by atoms with van der Waals surface area (Å²) in [5.41, 5.74) is 1.86. The van der Waals surface area contributed by atoms with Crippen LogP contribution < -0.4 is 10.1 Å². The molecule has 0 radical (unpaired) electrons. The zero-order valence-corrected chi connectivity index (χ0v) is 13.7.